The maximum Gasteiger partial charge on any atom is 0.227 e. The molecule has 3 nitrogen and oxygen atoms in total. The van der Waals surface area contributed by atoms with E-state index in [1.807, 2.05) is 6.92 Å². The number of halogens is 1. The lowest BCUT2D eigenvalue weighted by Crippen LogP contribution is -2.37. The number of rotatable bonds is 2. The molecule has 1 amide bonds. The van der Waals surface area contributed by atoms with Crippen LogP contribution in [0.2, 0.25) is 0 Å². The van der Waals surface area contributed by atoms with Gasteiger partial charge in [-0.1, -0.05) is 13.0 Å². The van der Waals surface area contributed by atoms with Gasteiger partial charge in [0, 0.05) is 18.7 Å². The second kappa shape index (κ2) is 4.20. The predicted molar refractivity (Wildman–Crippen MR) is 66.4 cm³/mol. The molecule has 2 rings (SSSR count). The Balaban J connectivity index is 2.60. The molecule has 90 valence electrons. The second-order valence-corrected chi connectivity index (χ2v) is 4.34. The third-order valence-corrected chi connectivity index (χ3v) is 3.01. The Hall–Kier alpha value is -1.84. The molecule has 1 aromatic rings. The molecule has 0 saturated carbocycles. The summed E-state index contributed by atoms with van der Waals surface area (Å²) in [6, 6.07) is 2.99. The van der Waals surface area contributed by atoms with Crippen molar-refractivity contribution in [1.82, 2.24) is 0 Å². The normalized spacial score (nSPS) is 19.1. The monoisotopic (exact) mass is 234 g/mol. The quantitative estimate of drug-likeness (QED) is 0.631. The van der Waals surface area contributed by atoms with E-state index >= 15 is 0 Å². The molecule has 1 heterocycles. The maximum absolute atomic E-state index is 13.9. The SMILES string of the molecule is C=CCN1C(=O)CC(C)c2cc(N)cc(F)c21. The lowest BCUT2D eigenvalue weighted by molar-refractivity contribution is -0.119. The Morgan fingerprint density at radius 3 is 3.00 bits per heavy atom. The summed E-state index contributed by atoms with van der Waals surface area (Å²) in [5.74, 6) is -0.521. The smallest absolute Gasteiger partial charge is 0.227 e. The molecule has 1 unspecified atom stereocenters. The van der Waals surface area contributed by atoms with Crippen LogP contribution in [-0.4, -0.2) is 12.5 Å². The number of benzene rings is 1. The summed E-state index contributed by atoms with van der Waals surface area (Å²) in [5, 5.41) is 0. The molecular weight excluding hydrogens is 219 g/mol. The molecule has 0 spiro atoms. The minimum atomic E-state index is -0.443. The Morgan fingerprint density at radius 1 is 1.65 bits per heavy atom. The van der Waals surface area contributed by atoms with Gasteiger partial charge >= 0.3 is 0 Å². The highest BCUT2D eigenvalue weighted by atomic mass is 19.1. The van der Waals surface area contributed by atoms with Crippen molar-refractivity contribution in [1.29, 1.82) is 0 Å². The molecule has 2 N–H and O–H groups in total. The van der Waals surface area contributed by atoms with Gasteiger partial charge in [-0.2, -0.15) is 0 Å². The minimum absolute atomic E-state index is 0.00318. The van der Waals surface area contributed by atoms with E-state index in [1.54, 1.807) is 12.1 Å². The summed E-state index contributed by atoms with van der Waals surface area (Å²) in [5.41, 5.74) is 7.17. The number of anilines is 2. The van der Waals surface area contributed by atoms with Crippen LogP contribution < -0.4 is 10.6 Å². The third-order valence-electron chi connectivity index (χ3n) is 3.01. The number of carbonyl (C=O) groups excluding carboxylic acids is 1. The fourth-order valence-electron chi connectivity index (χ4n) is 2.23. The lowest BCUT2D eigenvalue weighted by Gasteiger charge is -2.32. The van der Waals surface area contributed by atoms with Gasteiger partial charge in [0.1, 0.15) is 5.82 Å². The number of nitrogens with two attached hydrogens (primary N) is 1. The summed E-state index contributed by atoms with van der Waals surface area (Å²) in [6.45, 7) is 5.81. The first-order chi connectivity index (χ1) is 8.04. The summed E-state index contributed by atoms with van der Waals surface area (Å²) < 4.78 is 13.9. The van der Waals surface area contributed by atoms with Crippen LogP contribution in [0, 0.1) is 5.82 Å². The highest BCUT2D eigenvalue weighted by Gasteiger charge is 2.30. The molecule has 0 fully saturated rings. The number of carbonyl (C=O) groups is 1. The summed E-state index contributed by atoms with van der Waals surface area (Å²) in [7, 11) is 0. The molecule has 1 aliphatic heterocycles. The molecule has 1 aromatic carbocycles. The molecule has 0 aromatic heterocycles. The van der Waals surface area contributed by atoms with Crippen molar-refractivity contribution < 1.29 is 9.18 Å². The van der Waals surface area contributed by atoms with Gasteiger partial charge in [0.2, 0.25) is 5.91 Å². The highest BCUT2D eigenvalue weighted by molar-refractivity contribution is 5.97. The molecule has 0 saturated heterocycles. The van der Waals surface area contributed by atoms with E-state index in [0.717, 1.165) is 5.56 Å². The van der Waals surface area contributed by atoms with Crippen LogP contribution in [0.3, 0.4) is 0 Å². The van der Waals surface area contributed by atoms with Crippen LogP contribution in [-0.2, 0) is 4.79 Å². The van der Waals surface area contributed by atoms with Crippen molar-refractivity contribution in [2.24, 2.45) is 0 Å². The summed E-state index contributed by atoms with van der Waals surface area (Å²) in [4.78, 5) is 13.3. The number of fused-ring (bicyclic) bond motifs is 1. The van der Waals surface area contributed by atoms with Crippen molar-refractivity contribution in [2.45, 2.75) is 19.3 Å². The first kappa shape index (κ1) is 11.6. The van der Waals surface area contributed by atoms with Crippen molar-refractivity contribution in [3.8, 4) is 0 Å². The van der Waals surface area contributed by atoms with Crippen LogP contribution in [0.4, 0.5) is 15.8 Å². The van der Waals surface area contributed by atoms with E-state index in [-0.39, 0.29) is 11.8 Å². The van der Waals surface area contributed by atoms with E-state index < -0.39 is 5.82 Å². The second-order valence-electron chi connectivity index (χ2n) is 4.34. The molecule has 1 atom stereocenters. The van der Waals surface area contributed by atoms with E-state index in [0.29, 0.717) is 24.3 Å². The molecular formula is C13H15FN2O. The Bertz CT molecular complexity index is 485. The standard InChI is InChI=1S/C13H15FN2O/c1-3-4-16-12(17)5-8(2)10-6-9(15)7-11(14)13(10)16/h3,6-8H,1,4-5,15H2,2H3. The van der Waals surface area contributed by atoms with Crippen LogP contribution >= 0.6 is 0 Å². The average molecular weight is 234 g/mol. The summed E-state index contributed by atoms with van der Waals surface area (Å²) >= 11 is 0. The Morgan fingerprint density at radius 2 is 2.35 bits per heavy atom. The van der Waals surface area contributed by atoms with E-state index in [2.05, 4.69) is 6.58 Å². The molecule has 17 heavy (non-hydrogen) atoms. The van der Waals surface area contributed by atoms with Crippen LogP contribution in [0.25, 0.3) is 0 Å². The van der Waals surface area contributed by atoms with Gasteiger partial charge < -0.3 is 10.6 Å². The fourth-order valence-corrected chi connectivity index (χ4v) is 2.23. The van der Waals surface area contributed by atoms with E-state index in [4.69, 9.17) is 5.73 Å². The van der Waals surface area contributed by atoms with Crippen LogP contribution in [0.5, 0.6) is 0 Å². The molecule has 0 radical (unpaired) electrons. The number of nitrogens with zero attached hydrogens (tertiary/aromatic N) is 1. The highest BCUT2D eigenvalue weighted by Crippen LogP contribution is 2.38. The number of nitrogen functional groups attached to an aromatic ring is 1. The molecule has 0 aliphatic carbocycles. The molecule has 0 bridgehead atoms. The van der Waals surface area contributed by atoms with Crippen LogP contribution in [0.1, 0.15) is 24.8 Å². The third kappa shape index (κ3) is 1.90. The lowest BCUT2D eigenvalue weighted by atomic mass is 9.90. The first-order valence-corrected chi connectivity index (χ1v) is 5.54. The number of hydrogen-bond acceptors (Lipinski definition) is 2. The van der Waals surface area contributed by atoms with E-state index in [9.17, 15) is 9.18 Å². The van der Waals surface area contributed by atoms with Gasteiger partial charge in [0.25, 0.3) is 0 Å². The van der Waals surface area contributed by atoms with Gasteiger partial charge in [0.15, 0.2) is 0 Å². The first-order valence-electron chi connectivity index (χ1n) is 5.54. The summed E-state index contributed by atoms with van der Waals surface area (Å²) in [6.07, 6.45) is 1.97. The molecule has 4 heteroatoms. The van der Waals surface area contributed by atoms with Gasteiger partial charge in [-0.15, -0.1) is 6.58 Å². The van der Waals surface area contributed by atoms with Crippen molar-refractivity contribution in [3.05, 3.63) is 36.2 Å². The van der Waals surface area contributed by atoms with Crippen molar-refractivity contribution >= 4 is 17.3 Å². The zero-order chi connectivity index (χ0) is 12.6. The van der Waals surface area contributed by atoms with E-state index in [1.165, 1.54) is 11.0 Å². The Kier molecular flexibility index (Phi) is 2.88. The fraction of sp³-hybridized carbons (Fsp3) is 0.308. The van der Waals surface area contributed by atoms with Crippen molar-refractivity contribution in [2.75, 3.05) is 17.2 Å². The maximum atomic E-state index is 13.9. The topological polar surface area (TPSA) is 46.3 Å². The number of hydrogen-bond donors (Lipinski definition) is 1. The van der Waals surface area contributed by atoms with Crippen LogP contribution in [0.15, 0.2) is 24.8 Å². The predicted octanol–water partition coefficient (Wildman–Crippen LogP) is 2.43. The van der Waals surface area contributed by atoms with Gasteiger partial charge in [0.05, 0.1) is 5.69 Å². The van der Waals surface area contributed by atoms with Gasteiger partial charge in [-0.3, -0.25) is 4.79 Å². The zero-order valence-corrected chi connectivity index (χ0v) is 9.74. The number of amides is 1. The van der Waals surface area contributed by atoms with Gasteiger partial charge in [-0.05, 0) is 23.6 Å². The zero-order valence-electron chi connectivity index (χ0n) is 9.74. The Labute approximate surface area is 99.7 Å². The average Bonchev–Trinajstić information content (AvgIpc) is 2.24. The largest absolute Gasteiger partial charge is 0.399 e. The van der Waals surface area contributed by atoms with Gasteiger partial charge in [-0.25, -0.2) is 4.39 Å². The minimum Gasteiger partial charge on any atom is -0.399 e. The molecule has 1 aliphatic rings. The van der Waals surface area contributed by atoms with Crippen molar-refractivity contribution in [3.63, 3.8) is 0 Å².